The molecule has 0 saturated carbocycles. The molecule has 246 valence electrons. The lowest BCUT2D eigenvalue weighted by molar-refractivity contribution is -0.385. The molecule has 49 heavy (non-hydrogen) atoms. The zero-order chi connectivity index (χ0) is 34.9. The number of aromatic nitrogens is 1. The van der Waals surface area contributed by atoms with E-state index in [4.69, 9.17) is 12.2 Å². The second-order valence-electron chi connectivity index (χ2n) is 10.8. The Morgan fingerprint density at radius 1 is 0.898 bits per heavy atom. The number of sulfonamides is 1. The summed E-state index contributed by atoms with van der Waals surface area (Å²) in [7, 11) is -4.49. The third kappa shape index (κ3) is 6.96. The predicted molar refractivity (Wildman–Crippen MR) is 188 cm³/mol. The van der Waals surface area contributed by atoms with Crippen LogP contribution in [0.5, 0.6) is 0 Å². The van der Waals surface area contributed by atoms with Gasteiger partial charge in [-0.05, 0) is 58.7 Å². The first-order valence-corrected chi connectivity index (χ1v) is 17.1. The van der Waals surface area contributed by atoms with Gasteiger partial charge < -0.3 is 4.98 Å². The highest BCUT2D eigenvalue weighted by Crippen LogP contribution is 2.36. The molecule has 0 radical (unpaired) electrons. The Bertz CT molecular complexity index is 2290. The van der Waals surface area contributed by atoms with Crippen LogP contribution in [0.2, 0.25) is 0 Å². The zero-order valence-electron chi connectivity index (χ0n) is 25.0. The van der Waals surface area contributed by atoms with E-state index in [0.717, 1.165) is 63.0 Å². The summed E-state index contributed by atoms with van der Waals surface area (Å²) >= 11 is 6.53. The largest absolute Gasteiger partial charge is 0.361 e. The van der Waals surface area contributed by atoms with Crippen LogP contribution in [0.4, 0.5) is 11.4 Å². The Kier molecular flexibility index (Phi) is 9.09. The van der Waals surface area contributed by atoms with Gasteiger partial charge in [-0.3, -0.25) is 34.7 Å². The van der Waals surface area contributed by atoms with E-state index in [1.807, 2.05) is 29.0 Å². The number of carbonyl (C=O) groups excluding carboxylic acids is 2. The number of nitro benzene ring substituents is 2. The lowest BCUT2D eigenvalue weighted by atomic mass is 10.0. The number of nitrogens with zero attached hydrogens (tertiary/aromatic N) is 3. The number of non-ortho nitro benzene ring substituents is 2. The van der Waals surface area contributed by atoms with E-state index in [-0.39, 0.29) is 31.9 Å². The molecule has 6 rings (SSSR count). The minimum Gasteiger partial charge on any atom is -0.361 e. The Morgan fingerprint density at radius 3 is 2.08 bits per heavy atom. The minimum absolute atomic E-state index is 0.0250. The molecule has 1 aromatic heterocycles. The molecule has 0 unspecified atom stereocenters. The van der Waals surface area contributed by atoms with Gasteiger partial charge in [-0.1, -0.05) is 66.4 Å². The smallest absolute Gasteiger partial charge is 0.269 e. The topological polar surface area (TPSA) is 186 Å². The van der Waals surface area contributed by atoms with Crippen molar-refractivity contribution in [3.63, 3.8) is 0 Å². The maximum Gasteiger partial charge on any atom is 0.269 e. The predicted octanol–water partition coefficient (Wildman–Crippen LogP) is 5.97. The highest BCUT2D eigenvalue weighted by atomic mass is 32.2. The Balaban J connectivity index is 1.28. The van der Waals surface area contributed by atoms with Crippen LogP contribution in [0, 0.1) is 20.2 Å². The molecule has 0 aliphatic carbocycles. The normalized spacial score (nSPS) is 14.7. The first-order valence-electron chi connectivity index (χ1n) is 14.4. The number of thioether (sulfide) groups is 1. The zero-order valence-corrected chi connectivity index (χ0v) is 27.5. The second-order valence-corrected chi connectivity index (χ2v) is 14.1. The Labute approximate surface area is 288 Å². The van der Waals surface area contributed by atoms with Crippen molar-refractivity contribution in [1.82, 2.24) is 14.6 Å². The molecule has 13 nitrogen and oxygen atoms in total. The molecule has 0 spiro atoms. The van der Waals surface area contributed by atoms with Gasteiger partial charge in [0.15, 0.2) is 0 Å². The summed E-state index contributed by atoms with van der Waals surface area (Å²) in [5.41, 5.74) is 3.27. The van der Waals surface area contributed by atoms with E-state index in [1.165, 1.54) is 12.1 Å². The van der Waals surface area contributed by atoms with Crippen molar-refractivity contribution in [1.29, 1.82) is 0 Å². The first kappa shape index (κ1) is 33.2. The summed E-state index contributed by atoms with van der Waals surface area (Å²) in [4.78, 5) is 52.6. The Morgan fingerprint density at radius 2 is 1.47 bits per heavy atom. The molecule has 1 aliphatic rings. The number of rotatable bonds is 10. The van der Waals surface area contributed by atoms with Crippen LogP contribution in [-0.2, 0) is 26.0 Å². The number of para-hydroxylation sites is 1. The van der Waals surface area contributed by atoms with E-state index in [1.54, 1.807) is 48.7 Å². The molecule has 5 aromatic rings. The van der Waals surface area contributed by atoms with Crippen molar-refractivity contribution in [3.05, 3.63) is 140 Å². The second kappa shape index (κ2) is 13.4. The molecule has 1 aliphatic heterocycles. The first-order chi connectivity index (χ1) is 23.4. The molecule has 4 aromatic carbocycles. The average Bonchev–Trinajstić information content (AvgIpc) is 3.62. The number of H-pyrrole nitrogens is 1. The number of aromatic amines is 1. The van der Waals surface area contributed by atoms with Gasteiger partial charge in [0.05, 0.1) is 19.6 Å². The molecular formula is C33H23N5O8S3. The van der Waals surface area contributed by atoms with Crippen LogP contribution in [0.1, 0.15) is 11.1 Å². The van der Waals surface area contributed by atoms with Gasteiger partial charge in [0.2, 0.25) is 0 Å². The van der Waals surface area contributed by atoms with Gasteiger partial charge in [0.25, 0.3) is 33.2 Å². The van der Waals surface area contributed by atoms with Crippen molar-refractivity contribution < 1.29 is 27.9 Å². The van der Waals surface area contributed by atoms with Gasteiger partial charge in [-0.2, -0.15) is 0 Å². The number of carbonyl (C=O) groups is 2. The fraction of sp³-hybridized carbons (Fsp3) is 0.0606. The standard InChI is InChI=1S/C33H23N5O8S3/c39-31(35-49(45,46)26-15-13-25(14-16-26)38(43)44)29(18-23-19-34-28-4-2-1-3-27(23)28)36-32(40)30(48-33(36)47)17-20-5-7-21(8-6-20)22-9-11-24(12-10-22)37(41)42/h1-17,19,29,34H,18H2,(H,35,39)/b30-17-/t29-/m0/s1. The molecule has 2 amide bonds. The average molecular weight is 714 g/mol. The number of nitro groups is 2. The summed E-state index contributed by atoms with van der Waals surface area (Å²) in [5, 5.41) is 22.8. The fourth-order valence-corrected chi connectivity index (χ4v) is 7.63. The molecule has 2 N–H and O–H groups in total. The Hall–Kier alpha value is -5.71. The van der Waals surface area contributed by atoms with Gasteiger partial charge in [0, 0.05) is 47.8 Å². The number of amides is 2. The molecule has 16 heteroatoms. The summed E-state index contributed by atoms with van der Waals surface area (Å²) in [6.45, 7) is 0. The highest BCUT2D eigenvalue weighted by Gasteiger charge is 2.42. The van der Waals surface area contributed by atoms with Crippen LogP contribution in [-0.4, -0.2) is 50.3 Å². The quantitative estimate of drug-likeness (QED) is 0.0756. The van der Waals surface area contributed by atoms with Gasteiger partial charge in [-0.25, -0.2) is 13.1 Å². The van der Waals surface area contributed by atoms with E-state index in [9.17, 15) is 38.2 Å². The van der Waals surface area contributed by atoms with Gasteiger partial charge in [0.1, 0.15) is 10.4 Å². The molecule has 1 atom stereocenters. The van der Waals surface area contributed by atoms with Crippen LogP contribution < -0.4 is 4.72 Å². The summed E-state index contributed by atoms with van der Waals surface area (Å²) < 4.78 is 28.5. The number of fused-ring (bicyclic) bond motifs is 1. The number of thiocarbonyl (C=S) groups is 1. The number of hydrogen-bond acceptors (Lipinski definition) is 10. The van der Waals surface area contributed by atoms with Crippen LogP contribution in [0.15, 0.2) is 113 Å². The lowest BCUT2D eigenvalue weighted by Gasteiger charge is -2.26. The maximum absolute atomic E-state index is 13.9. The minimum atomic E-state index is -4.49. The summed E-state index contributed by atoms with van der Waals surface area (Å²) in [6.07, 6.45) is 3.19. The molecule has 1 saturated heterocycles. The van der Waals surface area contributed by atoms with Crippen molar-refractivity contribution in [2.24, 2.45) is 0 Å². The van der Waals surface area contributed by atoms with Crippen molar-refractivity contribution in [2.75, 3.05) is 0 Å². The van der Waals surface area contributed by atoms with Crippen molar-refractivity contribution in [2.45, 2.75) is 17.4 Å². The van der Waals surface area contributed by atoms with Crippen molar-refractivity contribution in [3.8, 4) is 11.1 Å². The maximum atomic E-state index is 13.9. The van der Waals surface area contributed by atoms with E-state index in [0.29, 0.717) is 11.1 Å². The summed E-state index contributed by atoms with van der Waals surface area (Å²) in [6, 6.07) is 23.2. The third-order valence-corrected chi connectivity index (χ3v) is 10.4. The lowest BCUT2D eigenvalue weighted by Crippen LogP contribution is -2.51. The number of hydrogen-bond donors (Lipinski definition) is 2. The number of nitrogens with one attached hydrogen (secondary N) is 2. The van der Waals surface area contributed by atoms with Crippen LogP contribution in [0.3, 0.4) is 0 Å². The number of benzene rings is 4. The van der Waals surface area contributed by atoms with Gasteiger partial charge >= 0.3 is 0 Å². The van der Waals surface area contributed by atoms with Gasteiger partial charge in [-0.15, -0.1) is 0 Å². The van der Waals surface area contributed by atoms with Crippen molar-refractivity contribution >= 4 is 78.5 Å². The molecule has 2 heterocycles. The SMILES string of the molecule is O=C(NS(=O)(=O)c1ccc([N+](=O)[O-])cc1)[C@H](Cc1c[nH]c2ccccc12)N1C(=O)/C(=C/c2ccc(-c3ccc([N+](=O)[O-])cc3)cc2)SC1=S. The third-order valence-electron chi connectivity index (χ3n) is 7.74. The van der Waals surface area contributed by atoms with E-state index < -0.39 is 37.7 Å². The van der Waals surface area contributed by atoms with E-state index in [2.05, 4.69) is 4.98 Å². The molecular weight excluding hydrogens is 691 g/mol. The van der Waals surface area contributed by atoms with E-state index >= 15 is 0 Å². The molecule has 1 fully saturated rings. The fourth-order valence-electron chi connectivity index (χ4n) is 5.26. The van der Waals surface area contributed by atoms with Crippen LogP contribution in [0.25, 0.3) is 28.1 Å². The monoisotopic (exact) mass is 713 g/mol. The van der Waals surface area contributed by atoms with Crippen LogP contribution >= 0.6 is 24.0 Å². The summed E-state index contributed by atoms with van der Waals surface area (Å²) in [5.74, 6) is -1.61. The molecule has 0 bridgehead atoms. The highest BCUT2D eigenvalue weighted by molar-refractivity contribution is 8.26.